The van der Waals surface area contributed by atoms with Gasteiger partial charge in [0.2, 0.25) is 29.5 Å². The molecule has 0 aromatic carbocycles. The van der Waals surface area contributed by atoms with E-state index in [1.807, 2.05) is 0 Å². The van der Waals surface area contributed by atoms with E-state index in [1.165, 1.54) is 13.8 Å². The fourth-order valence-corrected chi connectivity index (χ4v) is 19.1. The van der Waals surface area contributed by atoms with Crippen LogP contribution in [0.4, 0.5) is 0 Å². The zero-order valence-electron chi connectivity index (χ0n) is 79.0. The third-order valence-corrected chi connectivity index (χ3v) is 27.0. The number of carbonyl (C=O) groups is 5. The summed E-state index contributed by atoms with van der Waals surface area (Å²) < 4.78 is 140. The Kier molecular flexibility index (Phi) is 42.8. The lowest BCUT2D eigenvalue weighted by atomic mass is 9.93. The molecule has 844 valence electrons. The molecular weight excluding hydrogens is 2000 g/mol. The summed E-state index contributed by atoms with van der Waals surface area (Å²) in [6.07, 6.45) is -120. The van der Waals surface area contributed by atoms with Gasteiger partial charge in [0, 0.05) is 34.6 Å². The average molecular weight is 2140 g/mol. The Balaban J connectivity index is 0.956. The lowest BCUT2D eigenvalue weighted by Crippen LogP contribution is -2.72. The van der Waals surface area contributed by atoms with Crippen molar-refractivity contribution in [3.05, 3.63) is 0 Å². The molecule has 146 heavy (non-hydrogen) atoms. The quantitative estimate of drug-likeness (QED) is 0.0275. The molecule has 12 rings (SSSR count). The summed E-state index contributed by atoms with van der Waals surface area (Å²) >= 11 is 0. The number of aliphatic hydroxyl groups is 31. The first-order chi connectivity index (χ1) is 69.0. The monoisotopic (exact) mass is 2140 g/mol. The van der Waals surface area contributed by atoms with Crippen molar-refractivity contribution < 1.29 is 291 Å². The summed E-state index contributed by atoms with van der Waals surface area (Å²) in [5.74, 6) is -4.97. The van der Waals surface area contributed by atoms with Crippen LogP contribution in [0.5, 0.6) is 0 Å². The Morgan fingerprint density at radius 1 is 0.192 bits per heavy atom. The molecule has 0 saturated carbocycles. The topological polar surface area (TPSA) is 985 Å². The minimum absolute atomic E-state index is 0.830. The first kappa shape index (κ1) is 120. The van der Waals surface area contributed by atoms with Crippen LogP contribution in [0.1, 0.15) is 48.5 Å². The third-order valence-electron chi connectivity index (χ3n) is 27.0. The van der Waals surface area contributed by atoms with Gasteiger partial charge in [-0.25, -0.2) is 0 Å². The first-order valence-electron chi connectivity index (χ1n) is 46.9. The summed E-state index contributed by atoms with van der Waals surface area (Å²) in [5, 5.41) is 365. The molecule has 0 aromatic rings. The predicted octanol–water partition coefficient (Wildman–Crippen LogP) is -24.4. The minimum atomic E-state index is -2.81. The van der Waals surface area contributed by atoms with Crippen molar-refractivity contribution >= 4 is 29.5 Å². The molecule has 12 aliphatic rings. The van der Waals surface area contributed by atoms with Crippen LogP contribution in [0.25, 0.3) is 0 Å². The van der Waals surface area contributed by atoms with Crippen LogP contribution >= 0.6 is 0 Å². The molecule has 12 saturated heterocycles. The van der Waals surface area contributed by atoms with Gasteiger partial charge in [-0.15, -0.1) is 0 Å². The molecule has 0 unspecified atom stereocenters. The molecule has 36 N–H and O–H groups in total. The van der Waals surface area contributed by atoms with Gasteiger partial charge >= 0.3 is 0 Å². The van der Waals surface area contributed by atoms with E-state index in [4.69, 9.17) is 109 Å². The summed E-state index contributed by atoms with van der Waals surface area (Å²) in [6, 6.07) is -10.0. The average Bonchev–Trinajstić information content (AvgIpc) is 0.760. The SMILES string of the molecule is CC(=O)N[C@@H]1[C@@H](O)[C@H](O[C@@H]2O[C@H](CO)[C@@H](O[C@@H]3O[C@H](CO[C@H]4O[C@H](CO)[C@@H](O)[C@H](O)[C@@H]4O[C@@H]4O[C@H](CO)[C@@H](O)[C@H](O)[C@H]4NC(C)=O)[C@@H](O)[C@H](O[C@H]4O[C@H](CO)[C@@H](O[C@@H]5O[C@H](CO)[C@@H](O)[C@H](O)[C@H]5NC(C)=O)[C@H](O)[C@@H]4O[C@@H]4O[C@H](CO)[C@@H](O[C@@H]5O[C@H](CO)[C@H](O)[C@H](O[C@H]6O[C@H](CO)[C@H](O)[C@H](O)[C@H]6O)[C@H]5O)[C@H](O[C@@H]5O[C@@H](C)[C@@H](O)[C@@H](O)[C@@H]5O)[C@H]4NC(C)=O)[C@@H]3O)[C@H](O)[C@H]2NC(C)=O)[C@@H](CO[C@@H]2O[C@@H](C)[C@@H](O)[C@@H](O)[C@@H]2O)O[C@H]1O. The zero-order valence-corrected chi connectivity index (χ0v) is 79.0. The van der Waals surface area contributed by atoms with E-state index in [0.717, 1.165) is 34.6 Å². The number of carbonyl (C=O) groups excluding carboxylic acids is 5. The largest absolute Gasteiger partial charge is 0.394 e. The van der Waals surface area contributed by atoms with Crippen LogP contribution in [0, 0.1) is 0 Å². The standard InChI is InChI=1S/C82H137N5O59/c1-18-40(101)52(113)56(117)76(126-18)124-17-34-64(50(111)35(71(123)128-34)83-20(3)96)139-74-38(86-23(6)99)51(112)62(30(13-93)134-74)140-80-61(122)68(47(108)33(137-80)16-125-81-69(55(116)45(106)28(11-91)133-81)145-73-37(85-22(5)98)49(110)43(104)26(9-89)130-73)144-82-70(59(120)63(31(14-94)136-82)138-72-36(84-21(4)97)48(109)42(103)25(8-88)129-72)146-75-39(87-24(7)100)66(142-77-57(118)53(114)41(102)19(2)127-77)65(32(15-95)135-75)141-79-60(121)67(46(107)29(12-92)132-79)143-78-58(119)54(115)44(105)27(10-90)131-78/h18-19,25-82,88-95,101-123H,8-17H2,1-7H3,(H,83,96)(H,84,97)(H,85,98)(H,86,99)(H,87,100)/t18-,19-,25+,26+,27+,28+,29+,30+,31+,32+,33+,34+,35+,36+,37+,38+,39+,40+,41+,42+,43+,44-,45+,46-,47+,48+,49+,50+,51+,52+,53+,54-,55-,56-,57-,58+,59-,60+,61-,62+,63+,64+,65+,66+,67-,68-,69-,70-,71+,72-,73-,74-,75-,76+,77-,78+,79-,80-,81-,82+/m0/s1. The number of aliphatic hydroxyl groups excluding tert-OH is 31. The predicted molar refractivity (Wildman–Crippen MR) is 450 cm³/mol. The molecule has 0 aromatic heterocycles. The molecule has 5 amide bonds. The van der Waals surface area contributed by atoms with Gasteiger partial charge in [0.25, 0.3) is 0 Å². The maximum absolute atomic E-state index is 14.1. The van der Waals surface area contributed by atoms with E-state index >= 15 is 0 Å². The van der Waals surface area contributed by atoms with Gasteiger partial charge in [0.1, 0.15) is 280 Å². The number of rotatable bonds is 37. The van der Waals surface area contributed by atoms with Gasteiger partial charge < -0.3 is 294 Å². The highest BCUT2D eigenvalue weighted by molar-refractivity contribution is 5.75. The molecule has 0 spiro atoms. The molecule has 12 fully saturated rings. The van der Waals surface area contributed by atoms with Crippen molar-refractivity contribution in [1.82, 2.24) is 26.6 Å². The summed E-state index contributed by atoms with van der Waals surface area (Å²) in [5.41, 5.74) is 0. The van der Waals surface area contributed by atoms with Crippen molar-refractivity contribution in [1.29, 1.82) is 0 Å². The normalized spacial score (nSPS) is 49.8. The number of hydrogen-bond acceptors (Lipinski definition) is 59. The highest BCUT2D eigenvalue weighted by Gasteiger charge is 2.64. The Hall–Kier alpha value is -4.81. The van der Waals surface area contributed by atoms with Crippen LogP contribution < -0.4 is 26.6 Å². The first-order valence-corrected chi connectivity index (χ1v) is 46.9. The van der Waals surface area contributed by atoms with Gasteiger partial charge in [-0.2, -0.15) is 0 Å². The highest BCUT2D eigenvalue weighted by Crippen LogP contribution is 2.44. The second kappa shape index (κ2) is 52.2. The van der Waals surface area contributed by atoms with E-state index in [2.05, 4.69) is 26.6 Å². The number of hydrogen-bond donors (Lipinski definition) is 36. The fraction of sp³-hybridized carbons (Fsp3) is 0.939. The van der Waals surface area contributed by atoms with E-state index in [-0.39, 0.29) is 0 Å². The zero-order chi connectivity index (χ0) is 107. The Morgan fingerprint density at radius 2 is 0.452 bits per heavy atom. The lowest BCUT2D eigenvalue weighted by Gasteiger charge is -2.53. The van der Waals surface area contributed by atoms with Gasteiger partial charge in [-0.05, 0) is 13.8 Å². The molecule has 0 bridgehead atoms. The molecule has 0 aliphatic carbocycles. The van der Waals surface area contributed by atoms with Gasteiger partial charge in [0.05, 0.1) is 78.3 Å². The molecule has 64 heteroatoms. The number of amides is 5. The molecule has 12 aliphatic heterocycles. The van der Waals surface area contributed by atoms with Gasteiger partial charge in [-0.1, -0.05) is 0 Å². The van der Waals surface area contributed by atoms with Crippen LogP contribution in [0.3, 0.4) is 0 Å². The Bertz CT molecular complexity index is 4090. The summed E-state index contributed by atoms with van der Waals surface area (Å²) in [7, 11) is 0. The summed E-state index contributed by atoms with van der Waals surface area (Å²) in [6.45, 7) is -5.02. The van der Waals surface area contributed by atoms with Crippen molar-refractivity contribution in [2.45, 2.75) is 417 Å². The Labute approximate surface area is 827 Å². The molecular formula is C82H137N5O59. The maximum atomic E-state index is 14.1. The maximum Gasteiger partial charge on any atom is 0.217 e. The van der Waals surface area contributed by atoms with E-state index < -0.39 is 464 Å². The Morgan fingerprint density at radius 3 is 0.911 bits per heavy atom. The highest BCUT2D eigenvalue weighted by atomic mass is 16.8. The second-order valence-electron chi connectivity index (χ2n) is 37.3. The van der Waals surface area contributed by atoms with Crippen LogP contribution in [0.15, 0.2) is 0 Å². The minimum Gasteiger partial charge on any atom is -0.394 e. The van der Waals surface area contributed by atoms with E-state index in [0.29, 0.717) is 0 Å². The van der Waals surface area contributed by atoms with Crippen molar-refractivity contribution in [3.63, 3.8) is 0 Å². The summed E-state index contributed by atoms with van der Waals surface area (Å²) in [4.78, 5) is 65.9. The van der Waals surface area contributed by atoms with Crippen molar-refractivity contribution in [2.75, 3.05) is 66.1 Å². The molecule has 0 radical (unpaired) electrons. The van der Waals surface area contributed by atoms with Gasteiger partial charge in [0.15, 0.2) is 75.5 Å². The van der Waals surface area contributed by atoms with Crippen LogP contribution in [-0.2, 0) is 133 Å². The second-order valence-corrected chi connectivity index (χ2v) is 37.3. The van der Waals surface area contributed by atoms with Crippen molar-refractivity contribution in [2.24, 2.45) is 0 Å². The fourth-order valence-electron chi connectivity index (χ4n) is 19.1. The smallest absolute Gasteiger partial charge is 0.217 e. The number of nitrogens with one attached hydrogen (secondary N) is 5. The van der Waals surface area contributed by atoms with E-state index in [9.17, 15) is 182 Å². The number of ether oxygens (including phenoxy) is 23. The van der Waals surface area contributed by atoms with E-state index in [1.54, 1.807) is 0 Å². The lowest BCUT2D eigenvalue weighted by molar-refractivity contribution is -0.411. The third kappa shape index (κ3) is 26.4. The molecule has 64 nitrogen and oxygen atoms in total. The van der Waals surface area contributed by atoms with Crippen LogP contribution in [0.2, 0.25) is 0 Å². The molecule has 60 atom stereocenters. The van der Waals surface area contributed by atoms with Gasteiger partial charge in [-0.3, -0.25) is 24.0 Å². The van der Waals surface area contributed by atoms with Crippen LogP contribution in [-0.4, -0.2) is 622 Å². The van der Waals surface area contributed by atoms with Crippen molar-refractivity contribution in [3.8, 4) is 0 Å². The molecule has 12 heterocycles.